The summed E-state index contributed by atoms with van der Waals surface area (Å²) in [6.45, 7) is 6.24. The topological polar surface area (TPSA) is 60.3 Å². The van der Waals surface area contributed by atoms with Crippen LogP contribution in [0.1, 0.15) is 0 Å². The van der Waals surface area contributed by atoms with Crippen LogP contribution in [-0.4, -0.2) is 102 Å². The molecule has 15 heteroatoms. The molecule has 0 amide bonds. The van der Waals surface area contributed by atoms with Crippen molar-refractivity contribution < 1.29 is 28.4 Å². The average Bonchev–Trinajstić information content (AvgIpc) is 3.53. The molecule has 1 aromatic heterocycles. The van der Waals surface area contributed by atoms with Gasteiger partial charge in [0.25, 0.3) is 0 Å². The maximum absolute atomic E-state index is 5.74. The van der Waals surface area contributed by atoms with Crippen LogP contribution in [0.3, 0.4) is 0 Å². The molecule has 218 valence electrons. The molecule has 0 aromatic carbocycles. The van der Waals surface area contributed by atoms with Crippen molar-refractivity contribution in [2.75, 3.05) is 98.0 Å². The second kappa shape index (κ2) is 24.2. The number of rotatable bonds is 24. The van der Waals surface area contributed by atoms with Gasteiger partial charge in [-0.05, 0) is 11.7 Å². The molecule has 0 saturated carbocycles. The molecule has 2 heterocycles. The van der Waals surface area contributed by atoms with Crippen LogP contribution < -0.4 is 0 Å². The maximum atomic E-state index is 5.74. The van der Waals surface area contributed by atoms with Crippen LogP contribution in [0.5, 0.6) is 0 Å². The second-order valence-corrected chi connectivity index (χ2v) is 15.7. The van der Waals surface area contributed by atoms with Gasteiger partial charge in [0.2, 0.25) is 0 Å². The molecule has 0 fully saturated rings. The van der Waals surface area contributed by atoms with Gasteiger partial charge in [0, 0.05) is 78.2 Å². The zero-order valence-electron chi connectivity index (χ0n) is 21.8. The standard InChI is InChI=1S/C23H36INO6S7/c1-26-4-6-28-8-10-30-12-14-33-22-23(34-15-13-31-11-9-29-7-5-27-2)37-21(36-22)18-35-20-17-25(38-24)16-19(20)32-3/h16-18H,4-15H2,1-3H3. The summed E-state index contributed by atoms with van der Waals surface area (Å²) in [5, 5.41) is 2.28. The number of hydrogen-bond donors (Lipinski definition) is 0. The number of nitrogens with zero attached hydrogens (tertiary/aromatic N) is 1. The van der Waals surface area contributed by atoms with Crippen LogP contribution in [0.4, 0.5) is 0 Å². The predicted octanol–water partition coefficient (Wildman–Crippen LogP) is 7.38. The normalized spacial score (nSPS) is 13.7. The van der Waals surface area contributed by atoms with Crippen molar-refractivity contribution in [3.63, 3.8) is 0 Å². The molecule has 1 aliphatic heterocycles. The summed E-state index contributed by atoms with van der Waals surface area (Å²) >= 11 is 13.3. The summed E-state index contributed by atoms with van der Waals surface area (Å²) in [5.74, 6) is 1.82. The van der Waals surface area contributed by atoms with Crippen LogP contribution >= 0.6 is 101 Å². The van der Waals surface area contributed by atoms with E-state index in [9.17, 15) is 0 Å². The van der Waals surface area contributed by atoms with E-state index < -0.39 is 0 Å². The molecular formula is C23H36INO6S7. The van der Waals surface area contributed by atoms with Gasteiger partial charge in [-0.2, -0.15) is 0 Å². The minimum Gasteiger partial charge on any atom is -0.382 e. The predicted molar refractivity (Wildman–Crippen MR) is 181 cm³/mol. The van der Waals surface area contributed by atoms with Crippen molar-refractivity contribution in [1.29, 1.82) is 0 Å². The van der Waals surface area contributed by atoms with Gasteiger partial charge in [-0.1, -0.05) is 35.3 Å². The molecule has 0 bridgehead atoms. The molecule has 0 atom stereocenters. The van der Waals surface area contributed by atoms with Crippen molar-refractivity contribution in [2.24, 2.45) is 0 Å². The first-order valence-corrected chi connectivity index (χ1v) is 20.8. The molecular weight excluding hydrogens is 738 g/mol. The molecule has 7 nitrogen and oxygen atoms in total. The van der Waals surface area contributed by atoms with E-state index in [0.717, 1.165) is 11.5 Å². The molecule has 0 unspecified atom stereocenters. The largest absolute Gasteiger partial charge is 0.382 e. The molecule has 0 N–H and O–H groups in total. The van der Waals surface area contributed by atoms with E-state index in [0.29, 0.717) is 66.1 Å². The van der Waals surface area contributed by atoms with E-state index in [4.69, 9.17) is 28.4 Å². The van der Waals surface area contributed by atoms with Crippen LogP contribution in [-0.2, 0) is 28.4 Å². The fraction of sp³-hybridized carbons (Fsp3) is 0.652. The van der Waals surface area contributed by atoms with Crippen molar-refractivity contribution >= 4 is 101 Å². The average molecular weight is 774 g/mol. The Morgan fingerprint density at radius 1 is 0.737 bits per heavy atom. The van der Waals surface area contributed by atoms with Crippen LogP contribution in [0.15, 0.2) is 40.3 Å². The third kappa shape index (κ3) is 15.8. The highest BCUT2D eigenvalue weighted by Gasteiger charge is 2.22. The first-order valence-electron chi connectivity index (χ1n) is 11.8. The number of halogens is 1. The van der Waals surface area contributed by atoms with Crippen LogP contribution in [0.2, 0.25) is 0 Å². The Labute approximate surface area is 269 Å². The Morgan fingerprint density at radius 2 is 1.21 bits per heavy atom. The van der Waals surface area contributed by atoms with Gasteiger partial charge < -0.3 is 28.4 Å². The van der Waals surface area contributed by atoms with Crippen molar-refractivity contribution in [1.82, 2.24) is 3.97 Å². The fourth-order valence-corrected chi connectivity index (χ4v) is 11.1. The highest BCUT2D eigenvalue weighted by Crippen LogP contribution is 2.58. The van der Waals surface area contributed by atoms with E-state index in [1.165, 1.54) is 22.5 Å². The van der Waals surface area contributed by atoms with Gasteiger partial charge in [0.1, 0.15) is 0 Å². The first kappa shape index (κ1) is 35.9. The maximum Gasteiger partial charge on any atom is 0.0701 e. The molecule has 2 rings (SSSR count). The summed E-state index contributed by atoms with van der Waals surface area (Å²) in [5.41, 5.74) is 0. The third-order valence-electron chi connectivity index (χ3n) is 4.40. The molecule has 1 aromatic rings. The second-order valence-electron chi connectivity index (χ2n) is 7.09. The Bertz CT molecular complexity index is 794. The van der Waals surface area contributed by atoms with Gasteiger partial charge >= 0.3 is 0 Å². The van der Waals surface area contributed by atoms with Crippen molar-refractivity contribution in [3.8, 4) is 0 Å². The van der Waals surface area contributed by atoms with E-state index in [-0.39, 0.29) is 0 Å². The lowest BCUT2D eigenvalue weighted by Gasteiger charge is -2.07. The summed E-state index contributed by atoms with van der Waals surface area (Å²) in [6.07, 6.45) is 6.50. The van der Waals surface area contributed by atoms with Crippen molar-refractivity contribution in [3.05, 3.63) is 30.5 Å². The molecule has 0 spiro atoms. The zero-order valence-corrected chi connectivity index (χ0v) is 29.7. The van der Waals surface area contributed by atoms with Gasteiger partial charge in [-0.15, -0.1) is 35.3 Å². The van der Waals surface area contributed by atoms with Crippen molar-refractivity contribution in [2.45, 2.75) is 9.79 Å². The van der Waals surface area contributed by atoms with Gasteiger partial charge in [-0.25, -0.2) is 0 Å². The van der Waals surface area contributed by atoms with E-state index >= 15 is 0 Å². The Kier molecular flexibility index (Phi) is 22.8. The number of aromatic nitrogens is 1. The lowest BCUT2D eigenvalue weighted by atomic mass is 10.7. The highest BCUT2D eigenvalue weighted by molar-refractivity contribution is 14.2. The first-order chi connectivity index (χ1) is 18.7. The molecule has 1 aliphatic rings. The van der Waals surface area contributed by atoms with E-state index in [1.807, 2.05) is 47.0 Å². The minimum absolute atomic E-state index is 0.597. The van der Waals surface area contributed by atoms with Crippen LogP contribution in [0.25, 0.3) is 0 Å². The lowest BCUT2D eigenvalue weighted by molar-refractivity contribution is 0.0286. The summed E-state index contributed by atoms with van der Waals surface area (Å²) in [4.78, 5) is 2.58. The third-order valence-corrected chi connectivity index (χ3v) is 13.6. The quantitative estimate of drug-likeness (QED) is 0.0598. The minimum atomic E-state index is 0.597. The van der Waals surface area contributed by atoms with Gasteiger partial charge in [-0.3, -0.25) is 3.97 Å². The Hall–Kier alpha value is 1.70. The van der Waals surface area contributed by atoms with Gasteiger partial charge in [0.05, 0.1) is 78.8 Å². The number of thioether (sulfide) groups is 6. The summed E-state index contributed by atoms with van der Waals surface area (Å²) in [7, 11) is 5.03. The summed E-state index contributed by atoms with van der Waals surface area (Å²) in [6, 6.07) is 0. The number of hydrogen-bond acceptors (Lipinski definition) is 13. The lowest BCUT2D eigenvalue weighted by Crippen LogP contribution is -2.09. The van der Waals surface area contributed by atoms with Gasteiger partial charge in [0.15, 0.2) is 0 Å². The Morgan fingerprint density at radius 3 is 1.68 bits per heavy atom. The molecule has 0 aliphatic carbocycles. The molecule has 0 saturated heterocycles. The zero-order chi connectivity index (χ0) is 27.3. The summed E-state index contributed by atoms with van der Waals surface area (Å²) < 4.78 is 38.5. The molecule has 0 radical (unpaired) electrons. The highest BCUT2D eigenvalue weighted by atomic mass is 127. The monoisotopic (exact) mass is 773 g/mol. The van der Waals surface area contributed by atoms with E-state index in [2.05, 4.69) is 49.2 Å². The Balaban J connectivity index is 1.79. The number of ether oxygens (including phenoxy) is 6. The fourth-order valence-electron chi connectivity index (χ4n) is 2.62. The SMILES string of the molecule is COCCOCCOCCSC1=C(SCCOCCOCCOC)SC(=CSc2cn(SI)cc2SC)S1. The number of methoxy groups -OCH3 is 2. The van der Waals surface area contributed by atoms with E-state index in [1.54, 1.807) is 46.9 Å². The van der Waals surface area contributed by atoms with Crippen LogP contribution in [0, 0.1) is 0 Å². The molecule has 38 heavy (non-hydrogen) atoms. The smallest absolute Gasteiger partial charge is 0.0701 e.